The van der Waals surface area contributed by atoms with Crippen molar-refractivity contribution in [2.75, 3.05) is 18.6 Å². The van der Waals surface area contributed by atoms with E-state index in [1.807, 2.05) is 44.3 Å². The van der Waals surface area contributed by atoms with E-state index in [0.717, 1.165) is 32.9 Å². The van der Waals surface area contributed by atoms with Crippen LogP contribution in [0.15, 0.2) is 41.0 Å². The fraction of sp³-hybridized carbons (Fsp3) is 0.250. The van der Waals surface area contributed by atoms with E-state index in [1.165, 1.54) is 0 Å². The number of benzene rings is 1. The molecule has 5 nitrogen and oxygen atoms in total. The number of pyridine rings is 1. The van der Waals surface area contributed by atoms with Gasteiger partial charge in [-0.1, -0.05) is 0 Å². The van der Waals surface area contributed by atoms with Gasteiger partial charge in [-0.25, -0.2) is 9.97 Å². The summed E-state index contributed by atoms with van der Waals surface area (Å²) >= 11 is 3.42. The van der Waals surface area contributed by atoms with Gasteiger partial charge in [-0.2, -0.15) is 0 Å². The van der Waals surface area contributed by atoms with Crippen molar-refractivity contribution in [3.05, 3.63) is 46.8 Å². The highest BCUT2D eigenvalue weighted by atomic mass is 79.9. The zero-order chi connectivity index (χ0) is 15.5. The van der Waals surface area contributed by atoms with Crippen LogP contribution in [0.1, 0.15) is 12.7 Å². The summed E-state index contributed by atoms with van der Waals surface area (Å²) in [6.07, 6.45) is 1.75. The number of anilines is 1. The minimum atomic E-state index is 0.677. The van der Waals surface area contributed by atoms with Crippen LogP contribution in [0.5, 0.6) is 5.75 Å². The second kappa shape index (κ2) is 6.36. The summed E-state index contributed by atoms with van der Waals surface area (Å²) in [6.45, 7) is 3.34. The summed E-state index contributed by atoms with van der Waals surface area (Å²) < 4.78 is 6.40. The number of aromatic nitrogens is 3. The topological polar surface area (TPSA) is 54.0 Å². The normalized spacial score (nSPS) is 10.9. The van der Waals surface area contributed by atoms with Crippen LogP contribution in [0.4, 0.5) is 5.69 Å². The Hall–Kier alpha value is -2.08. The van der Waals surface area contributed by atoms with Crippen molar-refractivity contribution in [3.8, 4) is 5.75 Å². The Balaban J connectivity index is 1.75. The molecule has 2 aromatic heterocycles. The number of nitrogens with zero attached hydrogens (tertiary/aromatic N) is 3. The van der Waals surface area contributed by atoms with Crippen molar-refractivity contribution in [2.24, 2.45) is 0 Å². The third-order valence-electron chi connectivity index (χ3n) is 3.33. The van der Waals surface area contributed by atoms with Crippen LogP contribution in [-0.4, -0.2) is 28.6 Å². The molecule has 0 aliphatic carbocycles. The van der Waals surface area contributed by atoms with Crippen LogP contribution in [0, 0.1) is 0 Å². The minimum Gasteiger partial charge on any atom is -0.494 e. The Morgan fingerprint density at radius 3 is 2.77 bits per heavy atom. The summed E-state index contributed by atoms with van der Waals surface area (Å²) in [5.41, 5.74) is 2.78. The molecular formula is C16H17BrN4O. The Bertz CT molecular complexity index is 769. The summed E-state index contributed by atoms with van der Waals surface area (Å²) in [5.74, 6) is 1.77. The molecular weight excluding hydrogens is 344 g/mol. The van der Waals surface area contributed by atoms with Gasteiger partial charge in [0.15, 0.2) is 5.65 Å². The van der Waals surface area contributed by atoms with Crippen LogP contribution in [-0.2, 0) is 6.54 Å². The van der Waals surface area contributed by atoms with E-state index in [0.29, 0.717) is 13.2 Å². The fourth-order valence-electron chi connectivity index (χ4n) is 2.28. The van der Waals surface area contributed by atoms with E-state index in [1.54, 1.807) is 6.20 Å². The molecule has 1 N–H and O–H groups in total. The van der Waals surface area contributed by atoms with E-state index < -0.39 is 0 Å². The first kappa shape index (κ1) is 14.8. The molecule has 22 heavy (non-hydrogen) atoms. The van der Waals surface area contributed by atoms with E-state index in [2.05, 4.69) is 35.8 Å². The van der Waals surface area contributed by atoms with Crippen molar-refractivity contribution >= 4 is 32.8 Å². The van der Waals surface area contributed by atoms with Gasteiger partial charge < -0.3 is 14.6 Å². The summed E-state index contributed by atoms with van der Waals surface area (Å²) in [4.78, 5) is 14.2. The maximum absolute atomic E-state index is 5.46. The molecule has 6 heteroatoms. The Morgan fingerprint density at radius 1 is 1.27 bits per heavy atom. The molecule has 0 saturated heterocycles. The molecule has 2 heterocycles. The van der Waals surface area contributed by atoms with Crippen molar-refractivity contribution in [2.45, 2.75) is 13.5 Å². The molecule has 0 atom stereocenters. The molecule has 0 unspecified atom stereocenters. The zero-order valence-corrected chi connectivity index (χ0v) is 14.1. The first-order valence-electron chi connectivity index (χ1n) is 7.10. The number of halogens is 1. The van der Waals surface area contributed by atoms with Gasteiger partial charge in [0.1, 0.15) is 11.6 Å². The van der Waals surface area contributed by atoms with Crippen molar-refractivity contribution in [1.82, 2.24) is 15.0 Å². The van der Waals surface area contributed by atoms with Gasteiger partial charge in [0.05, 0.1) is 18.7 Å². The largest absolute Gasteiger partial charge is 0.494 e. The molecule has 114 valence electrons. The smallest absolute Gasteiger partial charge is 0.177 e. The monoisotopic (exact) mass is 360 g/mol. The molecule has 0 fully saturated rings. The minimum absolute atomic E-state index is 0.677. The average Bonchev–Trinajstić information content (AvgIpc) is 2.89. The number of H-pyrrole nitrogens is 1. The lowest BCUT2D eigenvalue weighted by Gasteiger charge is -2.18. The van der Waals surface area contributed by atoms with Crippen molar-refractivity contribution in [3.63, 3.8) is 0 Å². The first-order chi connectivity index (χ1) is 10.7. The van der Waals surface area contributed by atoms with Gasteiger partial charge in [0, 0.05) is 23.4 Å². The highest BCUT2D eigenvalue weighted by molar-refractivity contribution is 9.10. The molecule has 0 saturated carbocycles. The molecule has 0 amide bonds. The predicted molar refractivity (Wildman–Crippen MR) is 91.3 cm³/mol. The molecule has 3 aromatic rings. The third-order valence-corrected chi connectivity index (χ3v) is 3.76. The quantitative estimate of drug-likeness (QED) is 0.752. The van der Waals surface area contributed by atoms with E-state index >= 15 is 0 Å². The molecule has 0 aliphatic heterocycles. The van der Waals surface area contributed by atoms with Crippen LogP contribution < -0.4 is 9.64 Å². The van der Waals surface area contributed by atoms with Gasteiger partial charge >= 0.3 is 0 Å². The average molecular weight is 361 g/mol. The van der Waals surface area contributed by atoms with Crippen LogP contribution in [0.2, 0.25) is 0 Å². The maximum atomic E-state index is 5.46. The highest BCUT2D eigenvalue weighted by Gasteiger charge is 2.08. The Morgan fingerprint density at radius 2 is 2.05 bits per heavy atom. The third kappa shape index (κ3) is 3.22. The lowest BCUT2D eigenvalue weighted by Crippen LogP contribution is -2.17. The lowest BCUT2D eigenvalue weighted by molar-refractivity contribution is 0.340. The molecule has 0 radical (unpaired) electrons. The first-order valence-corrected chi connectivity index (χ1v) is 7.89. The second-order valence-corrected chi connectivity index (χ2v) is 5.91. The second-order valence-electron chi connectivity index (χ2n) is 4.99. The van der Waals surface area contributed by atoms with Gasteiger partial charge in [-0.15, -0.1) is 0 Å². The molecule has 0 aliphatic rings. The Kier molecular flexibility index (Phi) is 4.29. The van der Waals surface area contributed by atoms with E-state index in [9.17, 15) is 0 Å². The van der Waals surface area contributed by atoms with Gasteiger partial charge in [-0.05, 0) is 53.2 Å². The molecule has 3 rings (SSSR count). The number of imidazole rings is 1. The fourth-order valence-corrected chi connectivity index (χ4v) is 2.61. The van der Waals surface area contributed by atoms with Crippen LogP contribution >= 0.6 is 15.9 Å². The van der Waals surface area contributed by atoms with Gasteiger partial charge in [0.2, 0.25) is 0 Å². The standard InChI is InChI=1S/C16H17BrN4O/c1-3-22-13-6-4-12(5-7-13)21(2)10-15-19-14-8-11(17)9-18-16(14)20-15/h4-9H,3,10H2,1-2H3,(H,18,19,20). The van der Waals surface area contributed by atoms with E-state index in [4.69, 9.17) is 4.74 Å². The lowest BCUT2D eigenvalue weighted by atomic mass is 10.3. The summed E-state index contributed by atoms with van der Waals surface area (Å²) in [7, 11) is 2.03. The van der Waals surface area contributed by atoms with Gasteiger partial charge in [0.25, 0.3) is 0 Å². The predicted octanol–water partition coefficient (Wildman–Crippen LogP) is 3.76. The van der Waals surface area contributed by atoms with Crippen molar-refractivity contribution < 1.29 is 4.74 Å². The number of nitrogens with one attached hydrogen (secondary N) is 1. The number of aromatic amines is 1. The van der Waals surface area contributed by atoms with Gasteiger partial charge in [-0.3, -0.25) is 0 Å². The molecule has 0 spiro atoms. The Labute approximate surface area is 137 Å². The number of hydrogen-bond acceptors (Lipinski definition) is 4. The zero-order valence-electron chi connectivity index (χ0n) is 12.5. The summed E-state index contributed by atoms with van der Waals surface area (Å²) in [6, 6.07) is 10.0. The van der Waals surface area contributed by atoms with Crippen LogP contribution in [0.25, 0.3) is 11.2 Å². The SMILES string of the molecule is CCOc1ccc(N(C)Cc2nc3ncc(Br)cc3[nH]2)cc1. The summed E-state index contributed by atoms with van der Waals surface area (Å²) in [5, 5.41) is 0. The van der Waals surface area contributed by atoms with Crippen molar-refractivity contribution in [1.29, 1.82) is 0 Å². The highest BCUT2D eigenvalue weighted by Crippen LogP contribution is 2.21. The van der Waals surface area contributed by atoms with Crippen LogP contribution in [0.3, 0.4) is 0 Å². The molecule has 1 aromatic carbocycles. The number of fused-ring (bicyclic) bond motifs is 1. The number of hydrogen-bond donors (Lipinski definition) is 1. The van der Waals surface area contributed by atoms with E-state index in [-0.39, 0.29) is 0 Å². The molecule has 0 bridgehead atoms. The number of rotatable bonds is 5. The number of ether oxygens (including phenoxy) is 1. The maximum Gasteiger partial charge on any atom is 0.177 e.